The molecule has 1 aromatic carbocycles. The van der Waals surface area contributed by atoms with Crippen molar-refractivity contribution in [1.82, 2.24) is 15.9 Å². The van der Waals surface area contributed by atoms with E-state index in [1.807, 2.05) is 0 Å². The molecule has 0 fully saturated rings. The number of primary amides is 1. The van der Waals surface area contributed by atoms with E-state index in [2.05, 4.69) is 4.98 Å². The molecule has 17 heavy (non-hydrogen) atoms. The Labute approximate surface area is 94.2 Å². The molecular weight excluding hydrogens is 230 g/mol. The van der Waals surface area contributed by atoms with Gasteiger partial charge in [0, 0.05) is 12.1 Å². The minimum absolute atomic E-state index is 0. The highest BCUT2D eigenvalue weighted by atomic mass is 16.6. The Morgan fingerprint density at radius 2 is 2.18 bits per heavy atom. The third kappa shape index (κ3) is 1.86. The van der Waals surface area contributed by atoms with E-state index in [-0.39, 0.29) is 28.7 Å². The molecule has 0 bridgehead atoms. The molecular formula is C8H9N5O4. The fourth-order valence-corrected chi connectivity index (χ4v) is 1.32. The van der Waals surface area contributed by atoms with Gasteiger partial charge >= 0.3 is 0 Å². The Morgan fingerprint density at radius 3 is 2.71 bits per heavy atom. The summed E-state index contributed by atoms with van der Waals surface area (Å²) in [5, 5.41) is 20.0. The smallest absolute Gasteiger partial charge is 0.287 e. The second-order valence-electron chi connectivity index (χ2n) is 3.04. The van der Waals surface area contributed by atoms with Gasteiger partial charge < -0.3 is 17.1 Å². The third-order valence-electron chi connectivity index (χ3n) is 2.05. The van der Waals surface area contributed by atoms with Crippen LogP contribution in [0.5, 0.6) is 0 Å². The van der Waals surface area contributed by atoms with Crippen molar-refractivity contribution in [2.45, 2.75) is 0 Å². The van der Waals surface area contributed by atoms with E-state index in [0.717, 1.165) is 6.07 Å². The minimum atomic E-state index is -0.915. The Bertz CT molecular complexity index is 605. The van der Waals surface area contributed by atoms with Gasteiger partial charge in [0.05, 0.1) is 10.4 Å². The summed E-state index contributed by atoms with van der Waals surface area (Å²) in [6, 6.07) is 3.65. The molecule has 1 heterocycles. The van der Waals surface area contributed by atoms with Crippen molar-refractivity contribution in [1.29, 1.82) is 0 Å². The number of fused-ring (bicyclic) bond motifs is 1. The average molecular weight is 239 g/mol. The number of amides is 1. The van der Waals surface area contributed by atoms with Gasteiger partial charge in [-0.1, -0.05) is 0 Å². The van der Waals surface area contributed by atoms with Crippen molar-refractivity contribution in [3.63, 3.8) is 0 Å². The predicted octanol–water partition coefficient (Wildman–Crippen LogP) is 0.443. The van der Waals surface area contributed by atoms with Crippen LogP contribution in [0.4, 0.5) is 5.69 Å². The van der Waals surface area contributed by atoms with Crippen LogP contribution in [0.15, 0.2) is 18.2 Å². The van der Waals surface area contributed by atoms with Gasteiger partial charge in [-0.3, -0.25) is 14.9 Å². The topological polar surface area (TPSA) is 159 Å². The zero-order valence-corrected chi connectivity index (χ0v) is 8.53. The number of nitro benzene ring substituents is 1. The maximum absolute atomic E-state index is 10.9. The fraction of sp³-hybridized carbons (Fsp3) is 0. The van der Waals surface area contributed by atoms with Gasteiger partial charge in [-0.25, -0.2) is 4.98 Å². The van der Waals surface area contributed by atoms with E-state index >= 15 is 0 Å². The van der Waals surface area contributed by atoms with Gasteiger partial charge in [0.25, 0.3) is 11.6 Å². The van der Waals surface area contributed by atoms with E-state index in [9.17, 15) is 20.1 Å². The number of non-ortho nitro benzene ring substituents is 1. The first-order valence-electron chi connectivity index (χ1n) is 4.16. The van der Waals surface area contributed by atoms with E-state index in [1.54, 1.807) is 0 Å². The lowest BCUT2D eigenvalue weighted by Crippen LogP contribution is -2.16. The number of imidazole rings is 1. The standard InChI is InChI=1S/C8H6N4O4.H3N/c9-7(13)8-10-5-2-1-4(12(15)16)3-6(5)11(8)14;/h1-3,14H,(H2,9,13);1H3. The molecule has 0 unspecified atom stereocenters. The van der Waals surface area contributed by atoms with Crippen molar-refractivity contribution >= 4 is 22.6 Å². The molecule has 0 radical (unpaired) electrons. The Morgan fingerprint density at radius 1 is 1.53 bits per heavy atom. The molecule has 0 aliphatic carbocycles. The normalized spacial score (nSPS) is 9.88. The number of nitrogens with zero attached hydrogens (tertiary/aromatic N) is 3. The van der Waals surface area contributed by atoms with Crippen LogP contribution in [0.3, 0.4) is 0 Å². The maximum atomic E-state index is 10.9. The summed E-state index contributed by atoms with van der Waals surface area (Å²) in [6.45, 7) is 0. The Hall–Kier alpha value is -2.68. The molecule has 0 atom stereocenters. The number of benzene rings is 1. The number of carbonyl (C=O) groups excluding carboxylic acids is 1. The largest absolute Gasteiger partial charge is 0.426 e. The van der Waals surface area contributed by atoms with E-state index < -0.39 is 10.8 Å². The lowest BCUT2D eigenvalue weighted by Gasteiger charge is -1.95. The highest BCUT2D eigenvalue weighted by molar-refractivity contribution is 5.93. The molecule has 6 N–H and O–H groups in total. The summed E-state index contributed by atoms with van der Waals surface area (Å²) in [7, 11) is 0. The summed E-state index contributed by atoms with van der Waals surface area (Å²) in [5.74, 6) is -1.28. The number of aromatic nitrogens is 2. The second-order valence-corrected chi connectivity index (χ2v) is 3.04. The monoisotopic (exact) mass is 239 g/mol. The van der Waals surface area contributed by atoms with Crippen molar-refractivity contribution < 1.29 is 14.9 Å². The molecule has 2 rings (SSSR count). The Balaban J connectivity index is 0.00000144. The number of carbonyl (C=O) groups is 1. The van der Waals surface area contributed by atoms with Crippen molar-refractivity contribution in [3.8, 4) is 0 Å². The van der Waals surface area contributed by atoms with Crippen LogP contribution in [0, 0.1) is 10.1 Å². The molecule has 1 aromatic heterocycles. The molecule has 0 saturated carbocycles. The number of hydrogen-bond donors (Lipinski definition) is 3. The van der Waals surface area contributed by atoms with Crippen LogP contribution in [0.2, 0.25) is 0 Å². The minimum Gasteiger partial charge on any atom is -0.426 e. The molecule has 2 aromatic rings. The fourth-order valence-electron chi connectivity index (χ4n) is 1.32. The highest BCUT2D eigenvalue weighted by Crippen LogP contribution is 2.20. The van der Waals surface area contributed by atoms with Crippen LogP contribution in [0.1, 0.15) is 10.6 Å². The summed E-state index contributed by atoms with van der Waals surface area (Å²) < 4.78 is 0.435. The summed E-state index contributed by atoms with van der Waals surface area (Å²) in [4.78, 5) is 24.5. The van der Waals surface area contributed by atoms with E-state index in [4.69, 9.17) is 5.73 Å². The van der Waals surface area contributed by atoms with E-state index in [0.29, 0.717) is 4.73 Å². The molecule has 0 aliphatic heterocycles. The number of rotatable bonds is 2. The van der Waals surface area contributed by atoms with Crippen LogP contribution in [-0.2, 0) is 0 Å². The first-order valence-corrected chi connectivity index (χ1v) is 4.16. The Kier molecular flexibility index (Phi) is 2.96. The van der Waals surface area contributed by atoms with Gasteiger partial charge in [-0.15, -0.1) is 0 Å². The predicted molar refractivity (Wildman–Crippen MR) is 57.1 cm³/mol. The molecule has 1 amide bonds. The first-order chi connectivity index (χ1) is 7.50. The van der Waals surface area contributed by atoms with Crippen LogP contribution in [0.25, 0.3) is 11.0 Å². The molecule has 0 saturated heterocycles. The quantitative estimate of drug-likeness (QED) is 0.391. The molecule has 0 spiro atoms. The second kappa shape index (κ2) is 4.06. The van der Waals surface area contributed by atoms with Gasteiger partial charge in [-0.2, -0.15) is 4.73 Å². The zero-order valence-electron chi connectivity index (χ0n) is 8.53. The van der Waals surface area contributed by atoms with Crippen LogP contribution >= 0.6 is 0 Å². The van der Waals surface area contributed by atoms with Crippen LogP contribution in [-0.4, -0.2) is 25.8 Å². The molecule has 0 aliphatic rings. The van der Waals surface area contributed by atoms with Gasteiger partial charge in [-0.05, 0) is 6.07 Å². The van der Waals surface area contributed by atoms with Crippen LogP contribution < -0.4 is 11.9 Å². The lowest BCUT2D eigenvalue weighted by molar-refractivity contribution is -0.384. The number of nitro groups is 1. The SMILES string of the molecule is N.NC(=O)c1nc2ccc([N+](=O)[O-])cc2n1O. The maximum Gasteiger partial charge on any atom is 0.287 e. The summed E-state index contributed by atoms with van der Waals surface area (Å²) in [5.41, 5.74) is 5.06. The van der Waals surface area contributed by atoms with Crippen molar-refractivity contribution in [2.24, 2.45) is 5.73 Å². The van der Waals surface area contributed by atoms with Gasteiger partial charge in [0.1, 0.15) is 5.52 Å². The average Bonchev–Trinajstić information content (AvgIpc) is 2.56. The highest BCUT2D eigenvalue weighted by Gasteiger charge is 2.17. The van der Waals surface area contributed by atoms with Gasteiger partial charge in [0.2, 0.25) is 5.82 Å². The first kappa shape index (κ1) is 12.4. The van der Waals surface area contributed by atoms with Gasteiger partial charge in [0.15, 0.2) is 0 Å². The number of nitrogens with two attached hydrogens (primary N) is 1. The van der Waals surface area contributed by atoms with Crippen molar-refractivity contribution in [3.05, 3.63) is 34.1 Å². The summed E-state index contributed by atoms with van der Waals surface area (Å²) in [6.07, 6.45) is 0. The molecule has 9 nitrogen and oxygen atoms in total. The third-order valence-corrected chi connectivity index (χ3v) is 2.05. The number of hydrogen-bond acceptors (Lipinski definition) is 6. The molecule has 9 heteroatoms. The zero-order chi connectivity index (χ0) is 11.9. The van der Waals surface area contributed by atoms with Crippen molar-refractivity contribution in [2.75, 3.05) is 0 Å². The lowest BCUT2D eigenvalue weighted by atomic mass is 10.3. The molecule has 90 valence electrons. The van der Waals surface area contributed by atoms with E-state index in [1.165, 1.54) is 12.1 Å². The summed E-state index contributed by atoms with van der Waals surface area (Å²) >= 11 is 0.